The summed E-state index contributed by atoms with van der Waals surface area (Å²) < 4.78 is 25.6. The Morgan fingerprint density at radius 1 is 1.28 bits per heavy atom. The van der Waals surface area contributed by atoms with E-state index in [1.165, 1.54) is 4.31 Å². The first kappa shape index (κ1) is 21.9. The number of piperidine rings is 1. The fourth-order valence-electron chi connectivity index (χ4n) is 2.93. The summed E-state index contributed by atoms with van der Waals surface area (Å²) in [6.45, 7) is 2.78. The second kappa shape index (κ2) is 10.1. The lowest BCUT2D eigenvalue weighted by atomic mass is 10.0. The van der Waals surface area contributed by atoms with E-state index < -0.39 is 16.1 Å². The minimum Gasteiger partial charge on any atom is -0.352 e. The lowest BCUT2D eigenvalue weighted by Gasteiger charge is -2.32. The van der Waals surface area contributed by atoms with Crippen LogP contribution in [0.25, 0.3) is 0 Å². The number of sulfonamides is 1. The average molecular weight is 390 g/mol. The molecule has 2 rings (SSSR count). The summed E-state index contributed by atoms with van der Waals surface area (Å²) in [5.41, 5.74) is 7.01. The van der Waals surface area contributed by atoms with Crippen molar-refractivity contribution in [1.82, 2.24) is 9.62 Å². The number of nitrogens with two attached hydrogens (primary N) is 1. The SMILES string of the molecule is CCCS(=O)(=O)N1CCC(NC(=O)[C@@H](N)Cc2ccccc2)CC1.Cl. The van der Waals surface area contributed by atoms with Crippen LogP contribution in [0.5, 0.6) is 0 Å². The first-order chi connectivity index (χ1) is 11.4. The zero-order valence-electron chi connectivity index (χ0n) is 14.6. The van der Waals surface area contributed by atoms with Gasteiger partial charge in [0.25, 0.3) is 0 Å². The van der Waals surface area contributed by atoms with Crippen molar-refractivity contribution in [3.05, 3.63) is 35.9 Å². The highest BCUT2D eigenvalue weighted by Crippen LogP contribution is 2.15. The molecule has 142 valence electrons. The van der Waals surface area contributed by atoms with Gasteiger partial charge in [0.15, 0.2) is 0 Å². The normalized spacial score (nSPS) is 17.5. The molecule has 0 radical (unpaired) electrons. The van der Waals surface area contributed by atoms with Crippen LogP contribution in [0.4, 0.5) is 0 Å². The maximum absolute atomic E-state index is 12.2. The minimum absolute atomic E-state index is 0. The summed E-state index contributed by atoms with van der Waals surface area (Å²) in [5, 5.41) is 2.96. The molecule has 25 heavy (non-hydrogen) atoms. The Labute approximate surface area is 156 Å². The van der Waals surface area contributed by atoms with Gasteiger partial charge in [-0.2, -0.15) is 0 Å². The molecule has 0 aromatic heterocycles. The Hall–Kier alpha value is -1.15. The molecular formula is C17H28ClN3O3S. The van der Waals surface area contributed by atoms with E-state index in [1.807, 2.05) is 37.3 Å². The third-order valence-electron chi connectivity index (χ3n) is 4.29. The Morgan fingerprint density at radius 3 is 2.44 bits per heavy atom. The Morgan fingerprint density at radius 2 is 1.88 bits per heavy atom. The topological polar surface area (TPSA) is 92.5 Å². The highest BCUT2D eigenvalue weighted by atomic mass is 35.5. The van der Waals surface area contributed by atoms with Crippen molar-refractivity contribution in [2.75, 3.05) is 18.8 Å². The van der Waals surface area contributed by atoms with Crippen LogP contribution in [0.3, 0.4) is 0 Å². The summed E-state index contributed by atoms with van der Waals surface area (Å²) in [6.07, 6.45) is 2.38. The number of carbonyl (C=O) groups is 1. The monoisotopic (exact) mass is 389 g/mol. The van der Waals surface area contributed by atoms with Crippen LogP contribution in [0.1, 0.15) is 31.7 Å². The first-order valence-electron chi connectivity index (χ1n) is 8.50. The van der Waals surface area contributed by atoms with Gasteiger partial charge in [-0.15, -0.1) is 12.4 Å². The third kappa shape index (κ3) is 6.58. The molecule has 0 saturated carbocycles. The maximum Gasteiger partial charge on any atom is 0.237 e. The summed E-state index contributed by atoms with van der Waals surface area (Å²) in [7, 11) is -3.15. The van der Waals surface area contributed by atoms with Crippen molar-refractivity contribution in [3.8, 4) is 0 Å². The van der Waals surface area contributed by atoms with Crippen molar-refractivity contribution >= 4 is 28.3 Å². The Kier molecular flexibility index (Phi) is 8.85. The number of hydrogen-bond donors (Lipinski definition) is 2. The first-order valence-corrected chi connectivity index (χ1v) is 10.1. The molecule has 1 aromatic carbocycles. The number of carbonyl (C=O) groups excluding carboxylic acids is 1. The van der Waals surface area contributed by atoms with Crippen molar-refractivity contribution in [1.29, 1.82) is 0 Å². The van der Waals surface area contributed by atoms with Gasteiger partial charge < -0.3 is 11.1 Å². The number of rotatable bonds is 7. The molecule has 1 aromatic rings. The fourth-order valence-corrected chi connectivity index (χ4v) is 4.48. The number of halogens is 1. The number of nitrogens with one attached hydrogen (secondary N) is 1. The molecule has 3 N–H and O–H groups in total. The molecule has 0 aliphatic carbocycles. The van der Waals surface area contributed by atoms with E-state index >= 15 is 0 Å². The second-order valence-electron chi connectivity index (χ2n) is 6.29. The summed E-state index contributed by atoms with van der Waals surface area (Å²) in [4.78, 5) is 12.2. The molecular weight excluding hydrogens is 362 g/mol. The molecule has 1 fully saturated rings. The molecule has 0 bridgehead atoms. The van der Waals surface area contributed by atoms with Gasteiger partial charge in [0.1, 0.15) is 0 Å². The van der Waals surface area contributed by atoms with E-state index in [9.17, 15) is 13.2 Å². The van der Waals surface area contributed by atoms with E-state index in [0.29, 0.717) is 38.8 Å². The molecule has 6 nitrogen and oxygen atoms in total. The van der Waals surface area contributed by atoms with Gasteiger partial charge in [0.05, 0.1) is 11.8 Å². The largest absolute Gasteiger partial charge is 0.352 e. The summed E-state index contributed by atoms with van der Waals surface area (Å²) in [6, 6.07) is 9.07. The molecule has 8 heteroatoms. The molecule has 1 heterocycles. The number of amides is 1. The molecule has 1 aliphatic heterocycles. The summed E-state index contributed by atoms with van der Waals surface area (Å²) in [5.74, 6) is 0.0140. The predicted octanol–water partition coefficient (Wildman–Crippen LogP) is 1.30. The lowest BCUT2D eigenvalue weighted by Crippen LogP contribution is -2.51. The van der Waals surface area contributed by atoms with Gasteiger partial charge in [-0.1, -0.05) is 37.3 Å². The molecule has 1 aliphatic rings. The Bertz CT molecular complexity index is 632. The molecule has 0 unspecified atom stereocenters. The van der Waals surface area contributed by atoms with Crippen molar-refractivity contribution < 1.29 is 13.2 Å². The van der Waals surface area contributed by atoms with Crippen LogP contribution >= 0.6 is 12.4 Å². The van der Waals surface area contributed by atoms with Gasteiger partial charge >= 0.3 is 0 Å². The van der Waals surface area contributed by atoms with E-state index in [-0.39, 0.29) is 30.1 Å². The van der Waals surface area contributed by atoms with Gasteiger partial charge in [0.2, 0.25) is 15.9 Å². The van der Waals surface area contributed by atoms with E-state index in [1.54, 1.807) is 0 Å². The zero-order valence-corrected chi connectivity index (χ0v) is 16.2. The van der Waals surface area contributed by atoms with Crippen molar-refractivity contribution in [2.45, 2.75) is 44.7 Å². The van der Waals surface area contributed by atoms with Crippen molar-refractivity contribution in [3.63, 3.8) is 0 Å². The fraction of sp³-hybridized carbons (Fsp3) is 0.588. The van der Waals surface area contributed by atoms with Crippen LogP contribution in [0.15, 0.2) is 30.3 Å². The standard InChI is InChI=1S/C17H27N3O3S.ClH/c1-2-12-24(22,23)20-10-8-15(9-11-20)19-17(21)16(18)13-14-6-4-3-5-7-14;/h3-7,15-16H,2,8-13,18H2,1H3,(H,19,21);1H/t16-;/m0./s1. The summed E-state index contributed by atoms with van der Waals surface area (Å²) >= 11 is 0. The van der Waals surface area contributed by atoms with Crippen LogP contribution in [-0.2, 0) is 21.2 Å². The highest BCUT2D eigenvalue weighted by molar-refractivity contribution is 7.89. The van der Waals surface area contributed by atoms with Crippen LogP contribution < -0.4 is 11.1 Å². The van der Waals surface area contributed by atoms with Gasteiger partial charge in [-0.3, -0.25) is 4.79 Å². The minimum atomic E-state index is -3.15. The van der Waals surface area contributed by atoms with Gasteiger partial charge in [-0.25, -0.2) is 12.7 Å². The predicted molar refractivity (Wildman–Crippen MR) is 102 cm³/mol. The molecule has 1 saturated heterocycles. The van der Waals surface area contributed by atoms with Crippen LogP contribution in [0, 0.1) is 0 Å². The lowest BCUT2D eigenvalue weighted by molar-refractivity contribution is -0.123. The molecule has 0 spiro atoms. The highest BCUT2D eigenvalue weighted by Gasteiger charge is 2.28. The quantitative estimate of drug-likeness (QED) is 0.735. The smallest absolute Gasteiger partial charge is 0.237 e. The Balaban J connectivity index is 0.00000312. The van der Waals surface area contributed by atoms with E-state index in [0.717, 1.165) is 5.56 Å². The number of benzene rings is 1. The average Bonchev–Trinajstić information content (AvgIpc) is 2.56. The molecule has 1 amide bonds. The van der Waals surface area contributed by atoms with E-state index in [2.05, 4.69) is 5.32 Å². The maximum atomic E-state index is 12.2. The van der Waals surface area contributed by atoms with Crippen LogP contribution in [0.2, 0.25) is 0 Å². The second-order valence-corrected chi connectivity index (χ2v) is 8.38. The number of hydrogen-bond acceptors (Lipinski definition) is 4. The van der Waals surface area contributed by atoms with Crippen molar-refractivity contribution in [2.24, 2.45) is 5.73 Å². The number of nitrogens with zero attached hydrogens (tertiary/aromatic N) is 1. The van der Waals surface area contributed by atoms with Crippen LogP contribution in [-0.4, -0.2) is 49.6 Å². The zero-order chi connectivity index (χ0) is 17.6. The van der Waals surface area contributed by atoms with Gasteiger partial charge in [0, 0.05) is 19.1 Å². The third-order valence-corrected chi connectivity index (χ3v) is 6.37. The van der Waals surface area contributed by atoms with E-state index in [4.69, 9.17) is 5.73 Å². The molecule has 1 atom stereocenters. The van der Waals surface area contributed by atoms with Gasteiger partial charge in [-0.05, 0) is 31.2 Å².